The molecule has 1 N–H and O–H groups in total. The molecule has 0 aliphatic carbocycles. The smallest absolute Gasteiger partial charge is 0.119 e. The Bertz CT molecular complexity index is 512. The Morgan fingerprint density at radius 3 is 2.78 bits per heavy atom. The van der Waals surface area contributed by atoms with Crippen LogP contribution < -0.4 is 10.1 Å². The van der Waals surface area contributed by atoms with Gasteiger partial charge in [-0.25, -0.2) is 0 Å². The highest BCUT2D eigenvalue weighted by atomic mass is 127. The third-order valence-electron chi connectivity index (χ3n) is 2.76. The van der Waals surface area contributed by atoms with Crippen LogP contribution in [-0.4, -0.2) is 13.7 Å². The fraction of sp³-hybridized carbons (Fsp3) is 0.286. The highest BCUT2D eigenvalue weighted by Gasteiger charge is 2.14. The normalized spacial score (nSPS) is 12.4. The van der Waals surface area contributed by atoms with Gasteiger partial charge in [0.2, 0.25) is 0 Å². The number of hydrogen-bond donors (Lipinski definition) is 1. The van der Waals surface area contributed by atoms with E-state index in [1.807, 2.05) is 12.1 Å². The van der Waals surface area contributed by atoms with Gasteiger partial charge < -0.3 is 10.1 Å². The zero-order valence-corrected chi connectivity index (χ0v) is 13.4. The highest BCUT2D eigenvalue weighted by Crippen LogP contribution is 2.29. The Hall–Kier alpha value is -0.590. The second-order valence-corrected chi connectivity index (χ2v) is 6.76. The molecule has 0 fully saturated rings. The molecule has 1 unspecified atom stereocenters. The molecular formula is C14H16INOS. The summed E-state index contributed by atoms with van der Waals surface area (Å²) in [6.07, 6.45) is 0. The summed E-state index contributed by atoms with van der Waals surface area (Å²) in [6.45, 7) is 3.07. The monoisotopic (exact) mass is 373 g/mol. The van der Waals surface area contributed by atoms with E-state index in [-0.39, 0.29) is 6.04 Å². The minimum atomic E-state index is 0.241. The summed E-state index contributed by atoms with van der Waals surface area (Å²) in [5, 5.41) is 5.74. The van der Waals surface area contributed by atoms with Crippen molar-refractivity contribution < 1.29 is 4.74 Å². The molecule has 0 aliphatic heterocycles. The maximum absolute atomic E-state index is 5.30. The Labute approximate surface area is 126 Å². The largest absolute Gasteiger partial charge is 0.497 e. The van der Waals surface area contributed by atoms with Crippen molar-refractivity contribution in [1.29, 1.82) is 0 Å². The molecule has 1 heterocycles. The first kappa shape index (κ1) is 13.8. The lowest BCUT2D eigenvalue weighted by Gasteiger charge is -2.18. The van der Waals surface area contributed by atoms with Crippen molar-refractivity contribution in [2.75, 3.05) is 13.7 Å². The number of nitrogens with one attached hydrogen (secondary N) is 1. The fourth-order valence-corrected chi connectivity index (χ4v) is 3.33. The zero-order valence-electron chi connectivity index (χ0n) is 10.4. The third-order valence-corrected chi connectivity index (χ3v) is 4.56. The highest BCUT2D eigenvalue weighted by molar-refractivity contribution is 14.1. The van der Waals surface area contributed by atoms with Crippen molar-refractivity contribution >= 4 is 33.9 Å². The van der Waals surface area contributed by atoms with Gasteiger partial charge in [-0.2, -0.15) is 0 Å². The minimum absolute atomic E-state index is 0.241. The first-order valence-electron chi connectivity index (χ1n) is 5.86. The van der Waals surface area contributed by atoms with E-state index in [4.69, 9.17) is 4.74 Å². The average molecular weight is 373 g/mol. The predicted molar refractivity (Wildman–Crippen MR) is 85.5 cm³/mol. The van der Waals surface area contributed by atoms with Gasteiger partial charge in [0.05, 0.1) is 16.0 Å². The van der Waals surface area contributed by atoms with Gasteiger partial charge in [0.1, 0.15) is 5.75 Å². The molecule has 1 aromatic carbocycles. The molecule has 1 atom stereocenters. The minimum Gasteiger partial charge on any atom is -0.497 e. The average Bonchev–Trinajstić information content (AvgIpc) is 2.82. The van der Waals surface area contributed by atoms with Crippen LogP contribution in [0.15, 0.2) is 35.7 Å². The molecule has 18 heavy (non-hydrogen) atoms. The first-order valence-corrected chi connectivity index (χ1v) is 7.81. The van der Waals surface area contributed by atoms with Crippen molar-refractivity contribution in [3.05, 3.63) is 49.7 Å². The number of ether oxygens (including phenoxy) is 1. The van der Waals surface area contributed by atoms with Crippen LogP contribution in [0.4, 0.5) is 0 Å². The van der Waals surface area contributed by atoms with Gasteiger partial charge in [-0.3, -0.25) is 0 Å². The summed E-state index contributed by atoms with van der Waals surface area (Å²) in [5.74, 6) is 0.903. The number of benzene rings is 1. The molecule has 2 rings (SSSR count). The molecule has 0 amide bonds. The molecule has 0 aliphatic rings. The van der Waals surface area contributed by atoms with Gasteiger partial charge in [-0.05, 0) is 63.8 Å². The topological polar surface area (TPSA) is 21.3 Å². The van der Waals surface area contributed by atoms with E-state index in [9.17, 15) is 0 Å². The Balaban J connectivity index is 2.34. The van der Waals surface area contributed by atoms with Gasteiger partial charge >= 0.3 is 0 Å². The molecular weight excluding hydrogens is 357 g/mol. The molecule has 2 aromatic rings. The van der Waals surface area contributed by atoms with E-state index in [1.54, 1.807) is 18.4 Å². The van der Waals surface area contributed by atoms with Crippen LogP contribution in [0.5, 0.6) is 5.75 Å². The van der Waals surface area contributed by atoms with E-state index in [0.717, 1.165) is 12.3 Å². The Morgan fingerprint density at radius 2 is 2.17 bits per heavy atom. The lowest BCUT2D eigenvalue weighted by Crippen LogP contribution is -2.21. The SMILES string of the molecule is CCNC(c1cccc(OC)c1)c1csc(I)c1. The zero-order chi connectivity index (χ0) is 13.0. The van der Waals surface area contributed by atoms with Gasteiger partial charge in [0.15, 0.2) is 0 Å². The van der Waals surface area contributed by atoms with E-state index in [2.05, 4.69) is 58.4 Å². The van der Waals surface area contributed by atoms with Crippen LogP contribution in [-0.2, 0) is 0 Å². The van der Waals surface area contributed by atoms with E-state index in [0.29, 0.717) is 0 Å². The summed E-state index contributed by atoms with van der Waals surface area (Å²) in [5.41, 5.74) is 2.56. The van der Waals surface area contributed by atoms with Crippen molar-refractivity contribution in [3.8, 4) is 5.75 Å². The number of thiophene rings is 1. The van der Waals surface area contributed by atoms with Crippen LogP contribution in [0.3, 0.4) is 0 Å². The number of rotatable bonds is 5. The van der Waals surface area contributed by atoms with Crippen molar-refractivity contribution in [2.24, 2.45) is 0 Å². The fourth-order valence-electron chi connectivity index (χ4n) is 1.93. The maximum atomic E-state index is 5.30. The van der Waals surface area contributed by atoms with Gasteiger partial charge in [-0.15, -0.1) is 11.3 Å². The van der Waals surface area contributed by atoms with Crippen LogP contribution in [0, 0.1) is 2.88 Å². The number of methoxy groups -OCH3 is 1. The van der Waals surface area contributed by atoms with Crippen LogP contribution in [0.25, 0.3) is 0 Å². The van der Waals surface area contributed by atoms with Crippen molar-refractivity contribution in [3.63, 3.8) is 0 Å². The van der Waals surface area contributed by atoms with Crippen molar-refractivity contribution in [1.82, 2.24) is 5.32 Å². The molecule has 0 spiro atoms. The van der Waals surface area contributed by atoms with Crippen LogP contribution >= 0.6 is 33.9 Å². The lowest BCUT2D eigenvalue weighted by atomic mass is 10.0. The molecule has 0 saturated heterocycles. The Kier molecular flexibility index (Phi) is 5.03. The molecule has 1 aromatic heterocycles. The molecule has 96 valence electrons. The number of halogens is 1. The van der Waals surface area contributed by atoms with Crippen LogP contribution in [0.2, 0.25) is 0 Å². The first-order chi connectivity index (χ1) is 8.74. The molecule has 4 heteroatoms. The van der Waals surface area contributed by atoms with E-state index in [1.165, 1.54) is 14.0 Å². The summed E-state index contributed by atoms with van der Waals surface area (Å²) in [7, 11) is 1.70. The molecule has 2 nitrogen and oxygen atoms in total. The predicted octanol–water partition coefficient (Wildman–Crippen LogP) is 4.06. The molecule has 0 bridgehead atoms. The molecule has 0 radical (unpaired) electrons. The van der Waals surface area contributed by atoms with Crippen molar-refractivity contribution in [2.45, 2.75) is 13.0 Å². The van der Waals surface area contributed by atoms with E-state index >= 15 is 0 Å². The maximum Gasteiger partial charge on any atom is 0.119 e. The summed E-state index contributed by atoms with van der Waals surface area (Å²) < 4.78 is 6.61. The van der Waals surface area contributed by atoms with Gasteiger partial charge in [0, 0.05) is 0 Å². The lowest BCUT2D eigenvalue weighted by molar-refractivity contribution is 0.413. The van der Waals surface area contributed by atoms with E-state index < -0.39 is 0 Å². The second kappa shape index (κ2) is 6.54. The summed E-state index contributed by atoms with van der Waals surface area (Å²) in [6, 6.07) is 10.7. The standard InChI is InChI=1S/C14H16INOS/c1-3-16-14(11-8-13(15)18-9-11)10-5-4-6-12(7-10)17-2/h4-9,14,16H,3H2,1-2H3. The summed E-state index contributed by atoms with van der Waals surface area (Å²) >= 11 is 4.14. The van der Waals surface area contributed by atoms with Crippen LogP contribution in [0.1, 0.15) is 24.1 Å². The quantitative estimate of drug-likeness (QED) is 0.799. The number of hydrogen-bond acceptors (Lipinski definition) is 3. The van der Waals surface area contributed by atoms with Gasteiger partial charge in [0.25, 0.3) is 0 Å². The molecule has 0 saturated carbocycles. The van der Waals surface area contributed by atoms with Gasteiger partial charge in [-0.1, -0.05) is 19.1 Å². The summed E-state index contributed by atoms with van der Waals surface area (Å²) in [4.78, 5) is 0. The Morgan fingerprint density at radius 1 is 1.33 bits per heavy atom. The second-order valence-electron chi connectivity index (χ2n) is 3.95. The third kappa shape index (κ3) is 3.24.